The molecular formula is C16H25NO3S. The maximum absolute atomic E-state index is 12.0. The van der Waals surface area contributed by atoms with Crippen LogP contribution in [0.15, 0.2) is 30.3 Å². The Balaban J connectivity index is 3.04. The maximum atomic E-state index is 12.0. The third-order valence-corrected chi connectivity index (χ3v) is 5.07. The van der Waals surface area contributed by atoms with E-state index in [1.54, 1.807) is 6.92 Å². The topological polar surface area (TPSA) is 69.6 Å². The van der Waals surface area contributed by atoms with Crippen LogP contribution in [0.2, 0.25) is 0 Å². The summed E-state index contributed by atoms with van der Waals surface area (Å²) in [5, 5.41) is 22.6. The molecule has 3 N–H and O–H groups in total. The Morgan fingerprint density at radius 3 is 2.43 bits per heavy atom. The molecule has 0 amide bonds. The van der Waals surface area contributed by atoms with Crippen molar-refractivity contribution >= 4 is 17.7 Å². The molecule has 3 atom stereocenters. The molecule has 0 bridgehead atoms. The number of carboxylic acid groups (broad SMARTS) is 1. The monoisotopic (exact) mass is 311 g/mol. The zero-order valence-corrected chi connectivity index (χ0v) is 13.7. The fourth-order valence-electron chi connectivity index (χ4n) is 1.95. The Bertz CT molecular complexity index is 438. The second kappa shape index (κ2) is 8.41. The van der Waals surface area contributed by atoms with E-state index in [-0.39, 0.29) is 5.25 Å². The fourth-order valence-corrected chi connectivity index (χ4v) is 3.14. The summed E-state index contributed by atoms with van der Waals surface area (Å²) in [7, 11) is 0. The Labute approximate surface area is 131 Å². The first-order valence-corrected chi connectivity index (χ1v) is 8.32. The van der Waals surface area contributed by atoms with Crippen LogP contribution in [0, 0.1) is 0 Å². The van der Waals surface area contributed by atoms with Gasteiger partial charge < -0.3 is 10.2 Å². The molecule has 0 saturated carbocycles. The molecule has 1 aromatic rings. The second-order valence-electron chi connectivity index (χ2n) is 5.26. The smallest absolute Gasteiger partial charge is 0.329 e. The standard InChI is InChI=1S/C16H25NO3S/c1-4-10-17-16(15(19)20,11-21-13(3)12(2)18)14-8-6-5-7-9-14/h5-9,12-13,17-18H,4,10-11H2,1-3H3,(H,19,20). The molecule has 3 unspecified atom stereocenters. The van der Waals surface area contributed by atoms with Crippen LogP contribution < -0.4 is 5.32 Å². The van der Waals surface area contributed by atoms with Gasteiger partial charge in [0.05, 0.1) is 6.10 Å². The van der Waals surface area contributed by atoms with Crippen molar-refractivity contribution < 1.29 is 15.0 Å². The van der Waals surface area contributed by atoms with Gasteiger partial charge in [0.1, 0.15) is 0 Å². The second-order valence-corrected chi connectivity index (χ2v) is 6.63. The van der Waals surface area contributed by atoms with E-state index in [9.17, 15) is 15.0 Å². The van der Waals surface area contributed by atoms with Crippen molar-refractivity contribution in [1.82, 2.24) is 5.32 Å². The number of aliphatic hydroxyl groups is 1. The molecule has 0 spiro atoms. The van der Waals surface area contributed by atoms with Gasteiger partial charge in [-0.2, -0.15) is 11.8 Å². The third kappa shape index (κ3) is 4.73. The largest absolute Gasteiger partial charge is 0.480 e. The van der Waals surface area contributed by atoms with Gasteiger partial charge in [-0.05, 0) is 25.5 Å². The SMILES string of the molecule is CCCNC(CSC(C)C(C)O)(C(=O)O)c1ccccc1. The van der Waals surface area contributed by atoms with Crippen molar-refractivity contribution in [2.24, 2.45) is 0 Å². The van der Waals surface area contributed by atoms with Crippen LogP contribution in [0.5, 0.6) is 0 Å². The lowest BCUT2D eigenvalue weighted by Gasteiger charge is -2.32. The zero-order valence-electron chi connectivity index (χ0n) is 12.9. The predicted molar refractivity (Wildman–Crippen MR) is 87.7 cm³/mol. The Kier molecular flexibility index (Phi) is 7.22. The van der Waals surface area contributed by atoms with Crippen LogP contribution in [-0.4, -0.2) is 39.8 Å². The highest BCUT2D eigenvalue weighted by molar-refractivity contribution is 8.00. The average molecular weight is 311 g/mol. The first kappa shape index (κ1) is 18.0. The van der Waals surface area contributed by atoms with E-state index in [4.69, 9.17) is 0 Å². The highest BCUT2D eigenvalue weighted by atomic mass is 32.2. The Hall–Kier alpha value is -1.04. The van der Waals surface area contributed by atoms with Gasteiger partial charge in [-0.15, -0.1) is 0 Å². The first-order chi connectivity index (χ1) is 9.94. The number of nitrogens with one attached hydrogen (secondary N) is 1. The van der Waals surface area contributed by atoms with E-state index in [2.05, 4.69) is 5.32 Å². The molecule has 0 saturated heterocycles. The minimum absolute atomic E-state index is 0.0177. The molecule has 1 aromatic carbocycles. The van der Waals surface area contributed by atoms with Crippen LogP contribution in [0.4, 0.5) is 0 Å². The Morgan fingerprint density at radius 2 is 1.95 bits per heavy atom. The van der Waals surface area contributed by atoms with E-state index in [0.717, 1.165) is 12.0 Å². The summed E-state index contributed by atoms with van der Waals surface area (Å²) >= 11 is 1.47. The van der Waals surface area contributed by atoms with Gasteiger partial charge in [-0.3, -0.25) is 5.32 Å². The lowest BCUT2D eigenvalue weighted by Crippen LogP contribution is -2.52. The number of carbonyl (C=O) groups is 1. The van der Waals surface area contributed by atoms with Gasteiger partial charge in [0.25, 0.3) is 0 Å². The van der Waals surface area contributed by atoms with Crippen LogP contribution in [0.1, 0.15) is 32.8 Å². The number of hydrogen-bond donors (Lipinski definition) is 3. The molecule has 1 rings (SSSR count). The summed E-state index contributed by atoms with van der Waals surface area (Å²) < 4.78 is 0. The van der Waals surface area contributed by atoms with Crippen LogP contribution in [-0.2, 0) is 10.3 Å². The minimum atomic E-state index is -1.12. The number of rotatable bonds is 9. The molecule has 0 aliphatic heterocycles. The maximum Gasteiger partial charge on any atom is 0.329 e. The summed E-state index contributed by atoms with van der Waals surface area (Å²) in [5.74, 6) is -0.509. The van der Waals surface area contributed by atoms with E-state index < -0.39 is 17.6 Å². The molecule has 0 aliphatic rings. The average Bonchev–Trinajstić information content (AvgIpc) is 2.48. The molecule has 118 valence electrons. The van der Waals surface area contributed by atoms with Crippen LogP contribution in [0.25, 0.3) is 0 Å². The van der Waals surface area contributed by atoms with Crippen molar-refractivity contribution in [3.05, 3.63) is 35.9 Å². The lowest BCUT2D eigenvalue weighted by molar-refractivity contribution is -0.144. The van der Waals surface area contributed by atoms with E-state index in [1.807, 2.05) is 44.2 Å². The predicted octanol–water partition coefficient (Wildman–Crippen LogP) is 2.47. The number of carboxylic acids is 1. The van der Waals surface area contributed by atoms with Crippen LogP contribution in [0.3, 0.4) is 0 Å². The quantitative estimate of drug-likeness (QED) is 0.653. The van der Waals surface area contributed by atoms with Gasteiger partial charge in [0.15, 0.2) is 5.54 Å². The van der Waals surface area contributed by atoms with E-state index in [0.29, 0.717) is 12.3 Å². The number of aliphatic carboxylic acids is 1. The molecule has 0 radical (unpaired) electrons. The fraction of sp³-hybridized carbons (Fsp3) is 0.562. The lowest BCUT2D eigenvalue weighted by atomic mass is 9.91. The highest BCUT2D eigenvalue weighted by Crippen LogP contribution is 2.29. The van der Waals surface area contributed by atoms with Gasteiger partial charge >= 0.3 is 5.97 Å². The minimum Gasteiger partial charge on any atom is -0.480 e. The number of hydrogen-bond acceptors (Lipinski definition) is 4. The third-order valence-electron chi connectivity index (χ3n) is 3.55. The summed E-state index contributed by atoms with van der Waals surface area (Å²) in [4.78, 5) is 12.0. The van der Waals surface area contributed by atoms with Gasteiger partial charge in [0.2, 0.25) is 0 Å². The molecule has 0 fully saturated rings. The molecule has 21 heavy (non-hydrogen) atoms. The van der Waals surface area contributed by atoms with Crippen molar-refractivity contribution in [3.8, 4) is 0 Å². The van der Waals surface area contributed by atoms with Gasteiger partial charge in [-0.1, -0.05) is 44.2 Å². The molecule has 4 nitrogen and oxygen atoms in total. The van der Waals surface area contributed by atoms with Crippen molar-refractivity contribution in [2.45, 2.75) is 44.1 Å². The molecule has 5 heteroatoms. The Morgan fingerprint density at radius 1 is 1.33 bits per heavy atom. The van der Waals surface area contributed by atoms with Gasteiger partial charge in [-0.25, -0.2) is 4.79 Å². The molecular weight excluding hydrogens is 286 g/mol. The highest BCUT2D eigenvalue weighted by Gasteiger charge is 2.40. The number of aliphatic hydroxyl groups excluding tert-OH is 1. The van der Waals surface area contributed by atoms with Crippen molar-refractivity contribution in [2.75, 3.05) is 12.3 Å². The zero-order chi connectivity index (χ0) is 15.9. The first-order valence-electron chi connectivity index (χ1n) is 7.27. The van der Waals surface area contributed by atoms with Crippen molar-refractivity contribution in [1.29, 1.82) is 0 Å². The summed E-state index contributed by atoms with van der Waals surface area (Å²) in [6.45, 7) is 6.27. The summed E-state index contributed by atoms with van der Waals surface area (Å²) in [6, 6.07) is 9.25. The normalized spacial score (nSPS) is 17.0. The number of thioether (sulfide) groups is 1. The van der Waals surface area contributed by atoms with Crippen LogP contribution >= 0.6 is 11.8 Å². The molecule has 0 aliphatic carbocycles. The summed E-state index contributed by atoms with van der Waals surface area (Å²) in [6.07, 6.45) is 0.391. The molecule has 0 aromatic heterocycles. The summed E-state index contributed by atoms with van der Waals surface area (Å²) in [5.41, 5.74) is -0.373. The molecule has 0 heterocycles. The van der Waals surface area contributed by atoms with E-state index in [1.165, 1.54) is 11.8 Å². The van der Waals surface area contributed by atoms with E-state index >= 15 is 0 Å². The number of benzene rings is 1. The van der Waals surface area contributed by atoms with Crippen molar-refractivity contribution in [3.63, 3.8) is 0 Å². The van der Waals surface area contributed by atoms with Gasteiger partial charge in [0, 0.05) is 11.0 Å².